The minimum Gasteiger partial charge on any atom is -0.468 e. The van der Waals surface area contributed by atoms with Crippen LogP contribution in [0.5, 0.6) is 0 Å². The number of ether oxygens (including phenoxy) is 1. The molecule has 4 rings (SSSR count). The van der Waals surface area contributed by atoms with Crippen molar-refractivity contribution in [2.75, 3.05) is 18.2 Å². The van der Waals surface area contributed by atoms with Crippen molar-refractivity contribution in [2.24, 2.45) is 5.92 Å². The molecule has 0 amide bonds. The number of allylic oxidation sites excluding steroid dienone is 2. The molecule has 2 aromatic rings. The average molecular weight is 402 g/mol. The van der Waals surface area contributed by atoms with E-state index in [1.165, 1.54) is 19.2 Å². The summed E-state index contributed by atoms with van der Waals surface area (Å²) in [5.74, 6) is 0.161. The SMILES string of the molecule is COC(=O)CSc1nc2n(n1)[C@@H](c1ccc(F)cc1)C1=C(C[C@H](C)CC1=O)N2. The third-order valence-corrected chi connectivity index (χ3v) is 5.65. The van der Waals surface area contributed by atoms with Gasteiger partial charge in [-0.3, -0.25) is 9.59 Å². The Kier molecular flexibility index (Phi) is 4.92. The van der Waals surface area contributed by atoms with Gasteiger partial charge in [-0.25, -0.2) is 9.07 Å². The van der Waals surface area contributed by atoms with Crippen molar-refractivity contribution in [2.45, 2.75) is 31.0 Å². The Morgan fingerprint density at radius 1 is 1.36 bits per heavy atom. The van der Waals surface area contributed by atoms with Crippen LogP contribution in [0.25, 0.3) is 0 Å². The standard InChI is InChI=1S/C19H19FN4O3S/c1-10-7-13-16(14(25)8-10)17(11-3-5-12(20)6-4-11)24-18(21-13)22-19(23-24)28-9-15(26)27-2/h3-6,10,17H,7-9H2,1-2H3,(H,21,22,23)/t10-,17-/m0/s1. The molecule has 2 atom stereocenters. The molecule has 2 heterocycles. The number of carbonyl (C=O) groups excluding carboxylic acids is 2. The molecule has 1 aromatic heterocycles. The molecule has 7 nitrogen and oxygen atoms in total. The number of ketones is 1. The van der Waals surface area contributed by atoms with Crippen molar-refractivity contribution in [3.8, 4) is 0 Å². The Morgan fingerprint density at radius 3 is 2.82 bits per heavy atom. The van der Waals surface area contributed by atoms with E-state index in [2.05, 4.69) is 20.1 Å². The van der Waals surface area contributed by atoms with E-state index in [1.54, 1.807) is 16.8 Å². The van der Waals surface area contributed by atoms with E-state index in [0.29, 0.717) is 23.1 Å². The number of rotatable bonds is 4. The van der Waals surface area contributed by atoms with E-state index in [0.717, 1.165) is 29.4 Å². The zero-order valence-electron chi connectivity index (χ0n) is 15.4. The third-order valence-electron chi connectivity index (χ3n) is 4.84. The predicted octanol–water partition coefficient (Wildman–Crippen LogP) is 2.95. The van der Waals surface area contributed by atoms with Gasteiger partial charge in [-0.15, -0.1) is 5.10 Å². The van der Waals surface area contributed by atoms with Gasteiger partial charge in [-0.05, 0) is 30.0 Å². The van der Waals surface area contributed by atoms with Crippen molar-refractivity contribution in [3.05, 3.63) is 46.9 Å². The maximum Gasteiger partial charge on any atom is 0.316 e. The van der Waals surface area contributed by atoms with Crippen LogP contribution in [0.4, 0.5) is 10.3 Å². The minimum atomic E-state index is -0.480. The highest BCUT2D eigenvalue weighted by molar-refractivity contribution is 7.99. The van der Waals surface area contributed by atoms with Gasteiger partial charge in [0.05, 0.1) is 12.9 Å². The zero-order valence-corrected chi connectivity index (χ0v) is 16.3. The number of anilines is 1. The zero-order chi connectivity index (χ0) is 19.8. The van der Waals surface area contributed by atoms with Crippen LogP contribution in [0.1, 0.15) is 31.4 Å². The summed E-state index contributed by atoms with van der Waals surface area (Å²) >= 11 is 1.16. The Bertz CT molecular complexity index is 970. The number of hydrogen-bond acceptors (Lipinski definition) is 7. The van der Waals surface area contributed by atoms with Crippen LogP contribution in [-0.4, -0.2) is 39.4 Å². The molecule has 146 valence electrons. The minimum absolute atomic E-state index is 0.0560. The van der Waals surface area contributed by atoms with Gasteiger partial charge >= 0.3 is 5.97 Å². The maximum absolute atomic E-state index is 13.5. The third kappa shape index (κ3) is 3.42. The number of aromatic nitrogens is 3. The van der Waals surface area contributed by atoms with Crippen molar-refractivity contribution >= 4 is 29.5 Å². The highest BCUT2D eigenvalue weighted by atomic mass is 32.2. The summed E-state index contributed by atoms with van der Waals surface area (Å²) in [4.78, 5) is 28.7. The highest BCUT2D eigenvalue weighted by Crippen LogP contribution is 2.41. The predicted molar refractivity (Wildman–Crippen MR) is 101 cm³/mol. The van der Waals surface area contributed by atoms with Gasteiger partial charge in [-0.2, -0.15) is 4.98 Å². The maximum atomic E-state index is 13.5. The van der Waals surface area contributed by atoms with Gasteiger partial charge in [0.2, 0.25) is 11.1 Å². The van der Waals surface area contributed by atoms with Gasteiger partial charge in [-0.1, -0.05) is 30.8 Å². The average Bonchev–Trinajstić information content (AvgIpc) is 3.07. The van der Waals surface area contributed by atoms with Gasteiger partial charge in [0.15, 0.2) is 5.78 Å². The van der Waals surface area contributed by atoms with Crippen LogP contribution in [0, 0.1) is 11.7 Å². The molecule has 0 saturated heterocycles. The number of halogens is 1. The summed E-state index contributed by atoms with van der Waals surface area (Å²) in [5, 5.41) is 8.14. The highest BCUT2D eigenvalue weighted by Gasteiger charge is 2.38. The second kappa shape index (κ2) is 7.38. The van der Waals surface area contributed by atoms with Crippen molar-refractivity contribution in [3.63, 3.8) is 0 Å². The summed E-state index contributed by atoms with van der Waals surface area (Å²) in [5.41, 5.74) is 2.24. The summed E-state index contributed by atoms with van der Waals surface area (Å²) in [6.45, 7) is 2.03. The number of Topliss-reactive ketones (excluding diaryl/α,β-unsaturated/α-hetero) is 1. The van der Waals surface area contributed by atoms with Crippen LogP contribution >= 0.6 is 11.8 Å². The molecule has 0 fully saturated rings. The molecule has 1 N–H and O–H groups in total. The first-order valence-corrected chi connectivity index (χ1v) is 9.89. The second-order valence-corrected chi connectivity index (χ2v) is 7.88. The lowest BCUT2D eigenvalue weighted by molar-refractivity contribution is -0.137. The number of carbonyl (C=O) groups is 2. The number of fused-ring (bicyclic) bond motifs is 1. The molecule has 2 aliphatic rings. The normalized spacial score (nSPS) is 21.0. The molecule has 1 aromatic carbocycles. The van der Waals surface area contributed by atoms with Crippen LogP contribution in [-0.2, 0) is 14.3 Å². The number of thioether (sulfide) groups is 1. The summed E-state index contributed by atoms with van der Waals surface area (Å²) in [7, 11) is 1.32. The van der Waals surface area contributed by atoms with E-state index in [-0.39, 0.29) is 29.2 Å². The fourth-order valence-corrected chi connectivity index (χ4v) is 4.25. The number of esters is 1. The fourth-order valence-electron chi connectivity index (χ4n) is 3.58. The lowest BCUT2D eigenvalue weighted by atomic mass is 9.81. The number of methoxy groups -OCH3 is 1. The molecule has 1 aliphatic carbocycles. The molecule has 9 heteroatoms. The first kappa shape index (κ1) is 18.7. The van der Waals surface area contributed by atoms with E-state index >= 15 is 0 Å². The van der Waals surface area contributed by atoms with E-state index in [4.69, 9.17) is 0 Å². The van der Waals surface area contributed by atoms with Crippen molar-refractivity contribution in [1.29, 1.82) is 0 Å². The van der Waals surface area contributed by atoms with Gasteiger partial charge in [0, 0.05) is 17.7 Å². The molecule has 1 aliphatic heterocycles. The first-order valence-electron chi connectivity index (χ1n) is 8.91. The van der Waals surface area contributed by atoms with Crippen LogP contribution in [0.2, 0.25) is 0 Å². The fraction of sp³-hybridized carbons (Fsp3) is 0.368. The number of benzene rings is 1. The van der Waals surface area contributed by atoms with Crippen LogP contribution in [0.3, 0.4) is 0 Å². The van der Waals surface area contributed by atoms with E-state index in [1.807, 2.05) is 6.92 Å². The Hall–Kier alpha value is -2.68. The monoisotopic (exact) mass is 402 g/mol. The van der Waals surface area contributed by atoms with E-state index in [9.17, 15) is 14.0 Å². The largest absolute Gasteiger partial charge is 0.468 e. The Balaban J connectivity index is 1.76. The van der Waals surface area contributed by atoms with E-state index < -0.39 is 6.04 Å². The lowest BCUT2D eigenvalue weighted by Crippen LogP contribution is -2.33. The smallest absolute Gasteiger partial charge is 0.316 e. The van der Waals surface area contributed by atoms with Gasteiger partial charge < -0.3 is 10.1 Å². The molecule has 0 radical (unpaired) electrons. The summed E-state index contributed by atoms with van der Waals surface area (Å²) in [6.07, 6.45) is 1.20. The van der Waals surface area contributed by atoms with Gasteiger partial charge in [0.1, 0.15) is 11.9 Å². The molecular weight excluding hydrogens is 383 g/mol. The molecule has 28 heavy (non-hydrogen) atoms. The summed E-state index contributed by atoms with van der Waals surface area (Å²) in [6, 6.07) is 5.59. The van der Waals surface area contributed by atoms with Crippen molar-refractivity contribution in [1.82, 2.24) is 14.8 Å². The summed E-state index contributed by atoms with van der Waals surface area (Å²) < 4.78 is 19.7. The van der Waals surface area contributed by atoms with Crippen LogP contribution in [0.15, 0.2) is 40.7 Å². The van der Waals surface area contributed by atoms with Crippen LogP contribution < -0.4 is 5.32 Å². The lowest BCUT2D eigenvalue weighted by Gasteiger charge is -2.34. The van der Waals surface area contributed by atoms with Gasteiger partial charge in [0.25, 0.3) is 0 Å². The quantitative estimate of drug-likeness (QED) is 0.622. The molecule has 0 saturated carbocycles. The topological polar surface area (TPSA) is 86.1 Å². The Morgan fingerprint density at radius 2 is 2.11 bits per heavy atom. The first-order chi connectivity index (χ1) is 13.5. The Labute approximate surface area is 165 Å². The second-order valence-electron chi connectivity index (χ2n) is 6.94. The number of nitrogens with one attached hydrogen (secondary N) is 1. The molecule has 0 spiro atoms. The van der Waals surface area contributed by atoms with Crippen molar-refractivity contribution < 1.29 is 18.7 Å². The number of hydrogen-bond donors (Lipinski definition) is 1. The molecular formula is C19H19FN4O3S. The number of nitrogens with zero attached hydrogens (tertiary/aromatic N) is 3. The molecule has 0 bridgehead atoms. The molecule has 0 unspecified atom stereocenters.